The van der Waals surface area contributed by atoms with Crippen LogP contribution in [-0.4, -0.2) is 0 Å². The summed E-state index contributed by atoms with van der Waals surface area (Å²) in [6.07, 6.45) is 1.38. The maximum atomic E-state index is 13.0. The SMILES string of the molecule is CCCc1cc(Br)cc(F)c1F. The van der Waals surface area contributed by atoms with Gasteiger partial charge in [0, 0.05) is 4.47 Å². The Balaban J connectivity index is 3.09. The summed E-state index contributed by atoms with van der Waals surface area (Å²) in [4.78, 5) is 0. The van der Waals surface area contributed by atoms with Crippen LogP contribution < -0.4 is 0 Å². The van der Waals surface area contributed by atoms with Crippen LogP contribution in [0.5, 0.6) is 0 Å². The van der Waals surface area contributed by atoms with Gasteiger partial charge in [0.2, 0.25) is 0 Å². The smallest absolute Gasteiger partial charge is 0.162 e. The lowest BCUT2D eigenvalue weighted by Gasteiger charge is -2.02. The summed E-state index contributed by atoms with van der Waals surface area (Å²) in [6, 6.07) is 2.75. The molecule has 0 nitrogen and oxygen atoms in total. The molecule has 0 aliphatic heterocycles. The largest absolute Gasteiger partial charge is 0.204 e. The van der Waals surface area contributed by atoms with Gasteiger partial charge in [0.25, 0.3) is 0 Å². The minimum atomic E-state index is -0.784. The van der Waals surface area contributed by atoms with Gasteiger partial charge in [0.15, 0.2) is 11.6 Å². The molecule has 3 heteroatoms. The summed E-state index contributed by atoms with van der Waals surface area (Å²) < 4.78 is 26.3. The molecule has 0 radical (unpaired) electrons. The second kappa shape index (κ2) is 3.99. The second-order valence-electron chi connectivity index (χ2n) is 2.61. The van der Waals surface area contributed by atoms with Crippen LogP contribution in [0, 0.1) is 11.6 Å². The monoisotopic (exact) mass is 234 g/mol. The normalized spacial score (nSPS) is 10.3. The first-order valence-corrected chi connectivity index (χ1v) is 4.58. The average molecular weight is 235 g/mol. The zero-order valence-corrected chi connectivity index (χ0v) is 8.29. The summed E-state index contributed by atoms with van der Waals surface area (Å²) in [7, 11) is 0. The van der Waals surface area contributed by atoms with E-state index >= 15 is 0 Å². The van der Waals surface area contributed by atoms with Crippen LogP contribution in [0.25, 0.3) is 0 Å². The minimum absolute atomic E-state index is 0.435. The highest BCUT2D eigenvalue weighted by atomic mass is 79.9. The summed E-state index contributed by atoms with van der Waals surface area (Å²) in [5.74, 6) is -1.51. The Bertz CT molecular complexity index is 284. The third-order valence-corrected chi connectivity index (χ3v) is 2.05. The first-order chi connectivity index (χ1) is 5.65. The summed E-state index contributed by atoms with van der Waals surface area (Å²) in [5.41, 5.74) is 0.435. The number of aryl methyl sites for hydroxylation is 1. The Morgan fingerprint density at radius 1 is 1.33 bits per heavy atom. The third-order valence-electron chi connectivity index (χ3n) is 1.59. The molecule has 0 N–H and O–H groups in total. The molecule has 0 atom stereocenters. The Morgan fingerprint density at radius 2 is 2.00 bits per heavy atom. The maximum Gasteiger partial charge on any atom is 0.162 e. The molecule has 1 aromatic carbocycles. The van der Waals surface area contributed by atoms with Gasteiger partial charge in [-0.05, 0) is 24.1 Å². The molecule has 0 saturated carbocycles. The summed E-state index contributed by atoms with van der Waals surface area (Å²) in [5, 5.41) is 0. The van der Waals surface area contributed by atoms with Crippen molar-refractivity contribution in [2.45, 2.75) is 19.8 Å². The Morgan fingerprint density at radius 3 is 2.58 bits per heavy atom. The highest BCUT2D eigenvalue weighted by Crippen LogP contribution is 2.20. The molecular weight excluding hydrogens is 226 g/mol. The lowest BCUT2D eigenvalue weighted by Crippen LogP contribution is -1.93. The van der Waals surface area contributed by atoms with E-state index in [1.54, 1.807) is 6.07 Å². The van der Waals surface area contributed by atoms with Crippen molar-refractivity contribution in [3.8, 4) is 0 Å². The van der Waals surface area contributed by atoms with Gasteiger partial charge in [-0.2, -0.15) is 0 Å². The predicted octanol–water partition coefficient (Wildman–Crippen LogP) is 3.68. The van der Waals surface area contributed by atoms with Gasteiger partial charge in [0.1, 0.15) is 0 Å². The fourth-order valence-electron chi connectivity index (χ4n) is 1.06. The van der Waals surface area contributed by atoms with Crippen LogP contribution in [0.1, 0.15) is 18.9 Å². The van der Waals surface area contributed by atoms with Crippen molar-refractivity contribution in [1.29, 1.82) is 0 Å². The Kier molecular flexibility index (Phi) is 3.20. The van der Waals surface area contributed by atoms with E-state index in [0.717, 1.165) is 12.5 Å². The standard InChI is InChI=1S/C9H9BrF2/c1-2-3-6-4-7(10)5-8(11)9(6)12/h4-5H,2-3H2,1H3. The van der Waals surface area contributed by atoms with E-state index in [0.29, 0.717) is 16.5 Å². The Hall–Kier alpha value is -0.440. The van der Waals surface area contributed by atoms with E-state index in [-0.39, 0.29) is 0 Å². The minimum Gasteiger partial charge on any atom is -0.204 e. The van der Waals surface area contributed by atoms with Gasteiger partial charge in [-0.3, -0.25) is 0 Å². The van der Waals surface area contributed by atoms with Gasteiger partial charge >= 0.3 is 0 Å². The molecule has 0 heterocycles. The molecule has 0 aromatic heterocycles. The van der Waals surface area contributed by atoms with Crippen molar-refractivity contribution in [1.82, 2.24) is 0 Å². The lowest BCUT2D eigenvalue weighted by molar-refractivity contribution is 0.497. The van der Waals surface area contributed by atoms with E-state index < -0.39 is 11.6 Å². The topological polar surface area (TPSA) is 0 Å². The van der Waals surface area contributed by atoms with Crippen LogP contribution in [0.4, 0.5) is 8.78 Å². The zero-order chi connectivity index (χ0) is 9.14. The molecular formula is C9H9BrF2. The van der Waals surface area contributed by atoms with Crippen molar-refractivity contribution >= 4 is 15.9 Å². The molecule has 0 bridgehead atoms. The molecule has 0 aliphatic rings. The van der Waals surface area contributed by atoms with E-state index in [1.807, 2.05) is 6.92 Å². The van der Waals surface area contributed by atoms with E-state index in [2.05, 4.69) is 15.9 Å². The molecule has 0 saturated heterocycles. The zero-order valence-electron chi connectivity index (χ0n) is 6.70. The summed E-state index contributed by atoms with van der Waals surface area (Å²) >= 11 is 3.11. The van der Waals surface area contributed by atoms with Crippen LogP contribution in [0.15, 0.2) is 16.6 Å². The molecule has 0 spiro atoms. The predicted molar refractivity (Wildman–Crippen MR) is 48.1 cm³/mol. The lowest BCUT2D eigenvalue weighted by atomic mass is 10.1. The molecule has 0 fully saturated rings. The van der Waals surface area contributed by atoms with Crippen molar-refractivity contribution in [2.75, 3.05) is 0 Å². The molecule has 0 aliphatic carbocycles. The van der Waals surface area contributed by atoms with E-state index in [4.69, 9.17) is 0 Å². The van der Waals surface area contributed by atoms with Crippen LogP contribution in [0.3, 0.4) is 0 Å². The van der Waals surface area contributed by atoms with Crippen molar-refractivity contribution in [3.63, 3.8) is 0 Å². The van der Waals surface area contributed by atoms with E-state index in [9.17, 15) is 8.78 Å². The van der Waals surface area contributed by atoms with E-state index in [1.165, 1.54) is 0 Å². The van der Waals surface area contributed by atoms with Crippen molar-refractivity contribution < 1.29 is 8.78 Å². The van der Waals surface area contributed by atoms with Gasteiger partial charge in [0.05, 0.1) is 0 Å². The molecule has 0 amide bonds. The quantitative estimate of drug-likeness (QED) is 0.686. The maximum absolute atomic E-state index is 13.0. The number of rotatable bonds is 2. The molecule has 1 aromatic rings. The number of hydrogen-bond donors (Lipinski definition) is 0. The average Bonchev–Trinajstić information content (AvgIpc) is 2.00. The first kappa shape index (κ1) is 9.65. The highest BCUT2D eigenvalue weighted by molar-refractivity contribution is 9.10. The van der Waals surface area contributed by atoms with Crippen molar-refractivity contribution in [2.24, 2.45) is 0 Å². The Labute approximate surface area is 78.7 Å². The fourth-order valence-corrected chi connectivity index (χ4v) is 1.54. The van der Waals surface area contributed by atoms with Gasteiger partial charge < -0.3 is 0 Å². The van der Waals surface area contributed by atoms with Gasteiger partial charge in [-0.15, -0.1) is 0 Å². The second-order valence-corrected chi connectivity index (χ2v) is 3.53. The molecule has 12 heavy (non-hydrogen) atoms. The van der Waals surface area contributed by atoms with Gasteiger partial charge in [-0.1, -0.05) is 29.3 Å². The van der Waals surface area contributed by atoms with Crippen LogP contribution in [-0.2, 0) is 6.42 Å². The van der Waals surface area contributed by atoms with Gasteiger partial charge in [-0.25, -0.2) is 8.78 Å². The third kappa shape index (κ3) is 2.03. The number of halogens is 3. The number of hydrogen-bond acceptors (Lipinski definition) is 0. The number of benzene rings is 1. The van der Waals surface area contributed by atoms with Crippen LogP contribution >= 0.6 is 15.9 Å². The fraction of sp³-hybridized carbons (Fsp3) is 0.333. The van der Waals surface area contributed by atoms with Crippen LogP contribution in [0.2, 0.25) is 0 Å². The molecule has 1 rings (SSSR count). The first-order valence-electron chi connectivity index (χ1n) is 3.78. The molecule has 0 unspecified atom stereocenters. The molecule has 66 valence electrons. The summed E-state index contributed by atoms with van der Waals surface area (Å²) in [6.45, 7) is 1.93. The highest BCUT2D eigenvalue weighted by Gasteiger charge is 2.08. The van der Waals surface area contributed by atoms with Crippen molar-refractivity contribution in [3.05, 3.63) is 33.8 Å².